The minimum atomic E-state index is -0.0344. The predicted octanol–water partition coefficient (Wildman–Crippen LogP) is 4.14. The predicted molar refractivity (Wildman–Crippen MR) is 130 cm³/mol. The van der Waals surface area contributed by atoms with Gasteiger partial charge in [0, 0.05) is 44.2 Å². The van der Waals surface area contributed by atoms with Crippen molar-refractivity contribution in [3.8, 4) is 0 Å². The van der Waals surface area contributed by atoms with Gasteiger partial charge in [0.15, 0.2) is 5.16 Å². The molecule has 3 rings (SSSR count). The van der Waals surface area contributed by atoms with E-state index in [4.69, 9.17) is 11.6 Å². The normalized spacial score (nSPS) is 20.4. The Labute approximate surface area is 201 Å². The molecule has 0 spiro atoms. The van der Waals surface area contributed by atoms with Crippen molar-refractivity contribution in [2.24, 2.45) is 5.92 Å². The number of anilines is 1. The standard InChI is InChI=1S/C23H36ClN5O2S/c1-4-16(2)25-21(30)15-32-23-26-19(24)13-20(27-23)28-11-12-29(17(3)14-28)22(31)10-9-18-7-5-6-8-18/h13,16-18H,4-12,14-15H2,1-3H3,(H,25,30). The first-order chi connectivity index (χ1) is 15.4. The van der Waals surface area contributed by atoms with Crippen molar-refractivity contribution in [3.05, 3.63) is 11.2 Å². The molecule has 2 unspecified atom stereocenters. The van der Waals surface area contributed by atoms with Gasteiger partial charge in [-0.15, -0.1) is 0 Å². The van der Waals surface area contributed by atoms with Crippen LogP contribution in [0, 0.1) is 5.92 Å². The number of aromatic nitrogens is 2. The first kappa shape index (κ1) is 25.1. The quantitative estimate of drug-likeness (QED) is 0.324. The number of thioether (sulfide) groups is 1. The first-order valence-electron chi connectivity index (χ1n) is 11.9. The van der Waals surface area contributed by atoms with Gasteiger partial charge in [-0.2, -0.15) is 0 Å². The lowest BCUT2D eigenvalue weighted by Crippen LogP contribution is -2.54. The zero-order valence-electron chi connectivity index (χ0n) is 19.5. The first-order valence-corrected chi connectivity index (χ1v) is 13.2. The molecule has 1 aliphatic heterocycles. The van der Waals surface area contributed by atoms with Crippen LogP contribution in [0.5, 0.6) is 0 Å². The molecule has 1 N–H and O–H groups in total. The van der Waals surface area contributed by atoms with Crippen molar-refractivity contribution >= 4 is 41.0 Å². The summed E-state index contributed by atoms with van der Waals surface area (Å²) in [7, 11) is 0. The SMILES string of the molecule is CCC(C)NC(=O)CSc1nc(Cl)cc(N2CCN(C(=O)CCC3CCCC3)C(C)C2)n1. The number of piperazine rings is 1. The van der Waals surface area contributed by atoms with Gasteiger partial charge in [0.05, 0.1) is 5.75 Å². The highest BCUT2D eigenvalue weighted by Gasteiger charge is 2.29. The highest BCUT2D eigenvalue weighted by molar-refractivity contribution is 7.99. The maximum Gasteiger partial charge on any atom is 0.230 e. The Bertz CT molecular complexity index is 790. The van der Waals surface area contributed by atoms with E-state index in [1.54, 1.807) is 6.07 Å². The molecule has 7 nitrogen and oxygen atoms in total. The minimum absolute atomic E-state index is 0.0344. The molecule has 0 bridgehead atoms. The Hall–Kier alpha value is -1.54. The number of nitrogens with one attached hydrogen (secondary N) is 1. The molecule has 1 aromatic heterocycles. The van der Waals surface area contributed by atoms with Gasteiger partial charge in [-0.25, -0.2) is 9.97 Å². The van der Waals surface area contributed by atoms with E-state index < -0.39 is 0 Å². The van der Waals surface area contributed by atoms with E-state index >= 15 is 0 Å². The van der Waals surface area contributed by atoms with Crippen molar-refractivity contribution < 1.29 is 9.59 Å². The second kappa shape index (κ2) is 12.1. The fraction of sp³-hybridized carbons (Fsp3) is 0.739. The van der Waals surface area contributed by atoms with Crippen LogP contribution in [0.1, 0.15) is 65.7 Å². The van der Waals surface area contributed by atoms with Gasteiger partial charge in [0.1, 0.15) is 11.0 Å². The fourth-order valence-electron chi connectivity index (χ4n) is 4.47. The average Bonchev–Trinajstić information content (AvgIpc) is 3.29. The topological polar surface area (TPSA) is 78.4 Å². The maximum atomic E-state index is 12.8. The zero-order valence-corrected chi connectivity index (χ0v) is 21.1. The summed E-state index contributed by atoms with van der Waals surface area (Å²) < 4.78 is 0. The highest BCUT2D eigenvalue weighted by Crippen LogP contribution is 2.29. The average molecular weight is 482 g/mol. The summed E-state index contributed by atoms with van der Waals surface area (Å²) in [5.41, 5.74) is 0. The van der Waals surface area contributed by atoms with Crippen LogP contribution in [-0.4, -0.2) is 64.2 Å². The van der Waals surface area contributed by atoms with E-state index in [0.29, 0.717) is 36.4 Å². The second-order valence-electron chi connectivity index (χ2n) is 9.07. The molecule has 1 aromatic rings. The van der Waals surface area contributed by atoms with Gasteiger partial charge >= 0.3 is 0 Å². The molecule has 0 aromatic carbocycles. The van der Waals surface area contributed by atoms with E-state index in [1.165, 1.54) is 37.4 Å². The number of hydrogen-bond acceptors (Lipinski definition) is 6. The second-order valence-corrected chi connectivity index (χ2v) is 10.4. The molecule has 9 heteroatoms. The lowest BCUT2D eigenvalue weighted by molar-refractivity contribution is -0.134. The number of carbonyl (C=O) groups is 2. The molecule has 2 fully saturated rings. The zero-order chi connectivity index (χ0) is 23.1. The lowest BCUT2D eigenvalue weighted by Gasteiger charge is -2.40. The Balaban J connectivity index is 1.53. The van der Waals surface area contributed by atoms with Crippen molar-refractivity contribution in [2.45, 2.75) is 83.0 Å². The molecule has 1 saturated heterocycles. The number of carbonyl (C=O) groups excluding carboxylic acids is 2. The Morgan fingerprint density at radius 2 is 2.03 bits per heavy atom. The number of hydrogen-bond donors (Lipinski definition) is 1. The van der Waals surface area contributed by atoms with Crippen molar-refractivity contribution in [2.75, 3.05) is 30.3 Å². The van der Waals surface area contributed by atoms with Crippen LogP contribution in [0.15, 0.2) is 11.2 Å². The third-order valence-electron chi connectivity index (χ3n) is 6.53. The van der Waals surface area contributed by atoms with Crippen LogP contribution < -0.4 is 10.2 Å². The van der Waals surface area contributed by atoms with E-state index in [0.717, 1.165) is 24.6 Å². The monoisotopic (exact) mass is 481 g/mol. The molecule has 0 radical (unpaired) electrons. The Morgan fingerprint density at radius 1 is 1.28 bits per heavy atom. The molecule has 2 heterocycles. The Morgan fingerprint density at radius 3 is 2.72 bits per heavy atom. The highest BCUT2D eigenvalue weighted by atomic mass is 35.5. The minimum Gasteiger partial charge on any atom is -0.353 e. The van der Waals surface area contributed by atoms with Crippen molar-refractivity contribution in [1.29, 1.82) is 0 Å². The summed E-state index contributed by atoms with van der Waals surface area (Å²) in [6, 6.07) is 2.03. The largest absolute Gasteiger partial charge is 0.353 e. The number of nitrogens with zero attached hydrogens (tertiary/aromatic N) is 4. The van der Waals surface area contributed by atoms with Crippen LogP contribution in [0.25, 0.3) is 0 Å². The molecule has 2 amide bonds. The van der Waals surface area contributed by atoms with Crippen LogP contribution in [-0.2, 0) is 9.59 Å². The van der Waals surface area contributed by atoms with Crippen LogP contribution >= 0.6 is 23.4 Å². The summed E-state index contributed by atoms with van der Waals surface area (Å²) in [5.74, 6) is 1.98. The third kappa shape index (κ3) is 7.24. The smallest absolute Gasteiger partial charge is 0.230 e. The van der Waals surface area contributed by atoms with Crippen molar-refractivity contribution in [1.82, 2.24) is 20.2 Å². The van der Waals surface area contributed by atoms with Gasteiger partial charge in [0.2, 0.25) is 11.8 Å². The molecular formula is C23H36ClN5O2S. The van der Waals surface area contributed by atoms with Gasteiger partial charge < -0.3 is 15.1 Å². The molecule has 32 heavy (non-hydrogen) atoms. The van der Waals surface area contributed by atoms with E-state index in [9.17, 15) is 9.59 Å². The summed E-state index contributed by atoms with van der Waals surface area (Å²) in [6.07, 6.45) is 7.78. The van der Waals surface area contributed by atoms with E-state index in [2.05, 4.69) is 27.1 Å². The number of amides is 2. The van der Waals surface area contributed by atoms with E-state index in [-0.39, 0.29) is 29.7 Å². The molecule has 1 saturated carbocycles. The van der Waals surface area contributed by atoms with E-state index in [1.807, 2.05) is 18.7 Å². The lowest BCUT2D eigenvalue weighted by atomic mass is 10.0. The number of halogens is 1. The number of rotatable bonds is 9. The molecule has 178 valence electrons. The summed E-state index contributed by atoms with van der Waals surface area (Å²) >= 11 is 7.54. The van der Waals surface area contributed by atoms with Crippen LogP contribution in [0.3, 0.4) is 0 Å². The molecule has 2 atom stereocenters. The third-order valence-corrected chi connectivity index (χ3v) is 7.57. The Kier molecular flexibility index (Phi) is 9.46. The fourth-order valence-corrected chi connectivity index (χ4v) is 5.36. The van der Waals surface area contributed by atoms with Gasteiger partial charge in [-0.05, 0) is 32.6 Å². The summed E-state index contributed by atoms with van der Waals surface area (Å²) in [6.45, 7) is 8.22. The molecular weight excluding hydrogens is 446 g/mol. The van der Waals surface area contributed by atoms with Crippen LogP contribution in [0.2, 0.25) is 5.15 Å². The maximum absolute atomic E-state index is 12.8. The summed E-state index contributed by atoms with van der Waals surface area (Å²) in [5, 5.41) is 3.80. The van der Waals surface area contributed by atoms with Gasteiger partial charge in [0.25, 0.3) is 0 Å². The van der Waals surface area contributed by atoms with Crippen LogP contribution in [0.4, 0.5) is 5.82 Å². The van der Waals surface area contributed by atoms with Gasteiger partial charge in [-0.3, -0.25) is 9.59 Å². The van der Waals surface area contributed by atoms with Crippen molar-refractivity contribution in [3.63, 3.8) is 0 Å². The summed E-state index contributed by atoms with van der Waals surface area (Å²) in [4.78, 5) is 37.9. The molecule has 2 aliphatic rings. The van der Waals surface area contributed by atoms with Gasteiger partial charge in [-0.1, -0.05) is 56.0 Å². The molecule has 1 aliphatic carbocycles.